The summed E-state index contributed by atoms with van der Waals surface area (Å²) in [4.78, 5) is 19.5. The third-order valence-electron chi connectivity index (χ3n) is 7.01. The fraction of sp³-hybridized carbons (Fsp3) is 0.321. The van der Waals surface area contributed by atoms with Gasteiger partial charge in [0.2, 0.25) is 5.95 Å². The van der Waals surface area contributed by atoms with Crippen LogP contribution in [-0.2, 0) is 17.2 Å². The zero-order chi connectivity index (χ0) is 26.9. The zero-order valence-corrected chi connectivity index (χ0v) is 23.1. The van der Waals surface area contributed by atoms with Gasteiger partial charge in [0.15, 0.2) is 10.9 Å². The van der Waals surface area contributed by atoms with Crippen molar-refractivity contribution in [1.82, 2.24) is 15.0 Å². The number of piperazine rings is 1. The molecular weight excluding hydrogens is 538 g/mol. The maximum absolute atomic E-state index is 13.9. The van der Waals surface area contributed by atoms with Gasteiger partial charge in [-0.15, -0.1) is 11.3 Å². The largest absolute Gasteiger partial charge is 0.345 e. The summed E-state index contributed by atoms with van der Waals surface area (Å²) in [6, 6.07) is 12.6. The van der Waals surface area contributed by atoms with Crippen molar-refractivity contribution in [1.29, 1.82) is 0 Å². The van der Waals surface area contributed by atoms with Crippen LogP contribution in [0.3, 0.4) is 0 Å². The number of rotatable bonds is 7. The minimum atomic E-state index is -1.22. The third kappa shape index (κ3) is 5.38. The molecule has 4 heterocycles. The highest BCUT2D eigenvalue weighted by Gasteiger charge is 2.35. The number of anilines is 4. The lowest BCUT2D eigenvalue weighted by molar-refractivity contribution is 0.627. The van der Waals surface area contributed by atoms with Gasteiger partial charge in [-0.25, -0.2) is 18.7 Å². The van der Waals surface area contributed by atoms with Crippen LogP contribution in [0.15, 0.2) is 58.8 Å². The highest BCUT2D eigenvalue weighted by Crippen LogP contribution is 2.37. The molecule has 2 aromatic carbocycles. The van der Waals surface area contributed by atoms with Crippen molar-refractivity contribution in [3.05, 3.63) is 71.2 Å². The van der Waals surface area contributed by atoms with E-state index in [9.17, 15) is 13.0 Å². The molecule has 39 heavy (non-hydrogen) atoms. The summed E-state index contributed by atoms with van der Waals surface area (Å²) in [5.41, 5.74) is 3.09. The van der Waals surface area contributed by atoms with Crippen LogP contribution >= 0.6 is 11.3 Å². The predicted molar refractivity (Wildman–Crippen MR) is 152 cm³/mol. The smallest absolute Gasteiger partial charge is 0.227 e. The Morgan fingerprint density at radius 2 is 1.77 bits per heavy atom. The van der Waals surface area contributed by atoms with E-state index < -0.39 is 10.8 Å². The van der Waals surface area contributed by atoms with Gasteiger partial charge in [-0.3, -0.25) is 4.21 Å². The van der Waals surface area contributed by atoms with Gasteiger partial charge in [-0.1, -0.05) is 19.4 Å². The Morgan fingerprint density at radius 3 is 2.51 bits per heavy atom. The first-order valence-corrected chi connectivity index (χ1v) is 15.1. The molecule has 1 fully saturated rings. The van der Waals surface area contributed by atoms with Crippen molar-refractivity contribution in [2.45, 2.75) is 36.3 Å². The summed E-state index contributed by atoms with van der Waals surface area (Å²) in [6.07, 6.45) is 2.44. The average Bonchev–Trinajstić information content (AvgIpc) is 3.55. The first kappa shape index (κ1) is 25.8. The van der Waals surface area contributed by atoms with E-state index in [1.807, 2.05) is 5.38 Å². The van der Waals surface area contributed by atoms with Gasteiger partial charge in [-0.05, 0) is 48.9 Å². The van der Waals surface area contributed by atoms with E-state index in [1.54, 1.807) is 35.6 Å². The Labute approximate surface area is 232 Å². The van der Waals surface area contributed by atoms with Gasteiger partial charge < -0.3 is 15.1 Å². The molecule has 1 N–H and O–H groups in total. The fourth-order valence-corrected chi connectivity index (χ4v) is 7.64. The van der Waals surface area contributed by atoms with Crippen LogP contribution in [0.25, 0.3) is 11.3 Å². The lowest BCUT2D eigenvalue weighted by Crippen LogP contribution is -2.47. The van der Waals surface area contributed by atoms with Crippen LogP contribution < -0.4 is 15.1 Å². The highest BCUT2D eigenvalue weighted by molar-refractivity contribution is 7.86. The second kappa shape index (κ2) is 11.0. The molecule has 4 aromatic rings. The van der Waals surface area contributed by atoms with Crippen molar-refractivity contribution in [2.24, 2.45) is 0 Å². The molecule has 202 valence electrons. The quantitative estimate of drug-likeness (QED) is 0.304. The molecule has 11 heteroatoms. The number of hydrogen-bond acceptors (Lipinski definition) is 8. The number of thiazole rings is 1. The Hall–Kier alpha value is -3.44. The highest BCUT2D eigenvalue weighted by atomic mass is 32.2. The number of fused-ring (bicyclic) bond motifs is 1. The summed E-state index contributed by atoms with van der Waals surface area (Å²) in [5, 5.41) is 6.16. The minimum absolute atomic E-state index is 0.0136. The van der Waals surface area contributed by atoms with Crippen LogP contribution in [0.4, 0.5) is 31.4 Å². The molecule has 2 aliphatic rings. The van der Waals surface area contributed by atoms with Gasteiger partial charge in [0.05, 0.1) is 22.2 Å². The third-order valence-corrected chi connectivity index (χ3v) is 9.75. The molecule has 0 saturated carbocycles. The molecule has 2 aliphatic heterocycles. The van der Waals surface area contributed by atoms with Gasteiger partial charge in [0.1, 0.15) is 16.5 Å². The van der Waals surface area contributed by atoms with Gasteiger partial charge in [0.25, 0.3) is 0 Å². The minimum Gasteiger partial charge on any atom is -0.345 e. The molecule has 0 aliphatic carbocycles. The van der Waals surface area contributed by atoms with Crippen LogP contribution in [0.1, 0.15) is 25.5 Å². The summed E-state index contributed by atoms with van der Waals surface area (Å²) in [6.45, 7) is 4.98. The first-order valence-electron chi connectivity index (χ1n) is 13.0. The van der Waals surface area contributed by atoms with E-state index in [0.717, 1.165) is 48.0 Å². The Morgan fingerprint density at radius 1 is 1.00 bits per heavy atom. The summed E-state index contributed by atoms with van der Waals surface area (Å²) in [7, 11) is -1.22. The molecule has 1 saturated heterocycles. The molecule has 2 aromatic heterocycles. The zero-order valence-electron chi connectivity index (χ0n) is 21.4. The second-order valence-electron chi connectivity index (χ2n) is 9.69. The topological polar surface area (TPSA) is 74.2 Å². The van der Waals surface area contributed by atoms with Gasteiger partial charge in [-0.2, -0.15) is 4.98 Å². The van der Waals surface area contributed by atoms with Crippen LogP contribution in [0, 0.1) is 11.6 Å². The van der Waals surface area contributed by atoms with Crippen molar-refractivity contribution < 1.29 is 13.0 Å². The summed E-state index contributed by atoms with van der Waals surface area (Å²) in [5.74, 6) is 0.466. The summed E-state index contributed by atoms with van der Waals surface area (Å²) >= 11 is 1.58. The molecule has 0 radical (unpaired) electrons. The molecule has 2 unspecified atom stereocenters. The molecule has 0 amide bonds. The van der Waals surface area contributed by atoms with E-state index in [1.165, 1.54) is 24.3 Å². The Kier molecular flexibility index (Phi) is 7.26. The van der Waals surface area contributed by atoms with E-state index in [2.05, 4.69) is 22.0 Å². The molecule has 6 rings (SSSR count). The standard InChI is InChI=1S/C28H28F2N6OS2/c1-2-4-22-16-23-25(39(22)37)26(31-21-6-3-5-20(30)15-21)34-27(32-23)35-11-13-36(14-12-35)28-33-24(17-38-28)18-7-9-19(29)10-8-18/h3,5-10,15,17,22H,2,4,11-14,16H2,1H3,(H,31,32,34). The monoisotopic (exact) mass is 566 g/mol. The van der Waals surface area contributed by atoms with E-state index in [0.29, 0.717) is 41.9 Å². The Bertz CT molecular complexity index is 1500. The van der Waals surface area contributed by atoms with Crippen LogP contribution in [0.5, 0.6) is 0 Å². The van der Waals surface area contributed by atoms with Crippen LogP contribution in [-0.4, -0.2) is 50.6 Å². The van der Waals surface area contributed by atoms with Crippen molar-refractivity contribution in [3.63, 3.8) is 0 Å². The number of hydrogen-bond donors (Lipinski definition) is 1. The lowest BCUT2D eigenvalue weighted by atomic mass is 10.1. The van der Waals surface area contributed by atoms with Crippen molar-refractivity contribution in [3.8, 4) is 11.3 Å². The van der Waals surface area contributed by atoms with Gasteiger partial charge in [0, 0.05) is 54.5 Å². The van der Waals surface area contributed by atoms with Gasteiger partial charge >= 0.3 is 0 Å². The SMILES string of the molecule is CCCC1Cc2nc(N3CCN(c4nc(-c5ccc(F)cc5)cs4)CC3)nc(Nc3cccc(F)c3)c2S1=O. The fourth-order valence-electron chi connectivity index (χ4n) is 5.01. The maximum atomic E-state index is 13.9. The molecule has 0 bridgehead atoms. The van der Waals surface area contributed by atoms with Crippen molar-refractivity contribution >= 4 is 44.7 Å². The maximum Gasteiger partial charge on any atom is 0.227 e. The Balaban J connectivity index is 1.22. The number of nitrogens with one attached hydrogen (secondary N) is 1. The van der Waals surface area contributed by atoms with E-state index >= 15 is 0 Å². The average molecular weight is 567 g/mol. The second-order valence-corrected chi connectivity index (χ2v) is 12.2. The molecule has 0 spiro atoms. The van der Waals surface area contributed by atoms with E-state index in [4.69, 9.17) is 15.0 Å². The van der Waals surface area contributed by atoms with Crippen molar-refractivity contribution in [2.75, 3.05) is 41.3 Å². The first-order chi connectivity index (χ1) is 19.0. The molecule has 7 nitrogen and oxygen atoms in total. The number of halogens is 2. The van der Waals surface area contributed by atoms with E-state index in [-0.39, 0.29) is 16.9 Å². The van der Waals surface area contributed by atoms with Crippen LogP contribution in [0.2, 0.25) is 0 Å². The normalized spacial score (nSPS) is 18.8. The summed E-state index contributed by atoms with van der Waals surface area (Å²) < 4.78 is 40.5. The molecule has 2 atom stereocenters. The molecular formula is C28H28F2N6OS2. The lowest BCUT2D eigenvalue weighted by Gasteiger charge is -2.34. The number of benzene rings is 2. The number of nitrogens with zero attached hydrogens (tertiary/aromatic N) is 5. The number of aromatic nitrogens is 3. The predicted octanol–water partition coefficient (Wildman–Crippen LogP) is 5.78.